The number of hydrogen-bond donors (Lipinski definition) is 0. The standard InChI is InChI=1S/2C20H28N.C19H26N.2C18H24N.5CH4/c2*1-13(2)18-11-20(21(7)12-19(18)14(3)4)17-9-8-15(5)10-16(17)6;1-13(2)17-11-19(16-10-8-7-9-15(16)5)20(6)12-18(17)14(3)4;2*1-12(2)17-11-19(6)18(10-15(17)5)16-8-7-13(3)9-14(16)4;;;;;/h2*8-14H,1-7H3;7-14H,1-6H3;2*7-12H,1-6H3;5*1H4/q5*+1;;;;;/i5D3,13D,14D;;;3D3,12D;;;;;;. The lowest BCUT2D eigenvalue weighted by Crippen LogP contribution is -2.32. The lowest BCUT2D eigenvalue weighted by atomic mass is 9.90. The lowest BCUT2D eigenvalue weighted by Gasteiger charge is -2.16. The molecule has 0 saturated carbocycles. The fraction of sp³-hybridized carbons (Fsp3) is 0.450. The van der Waals surface area contributed by atoms with Crippen molar-refractivity contribution in [1.82, 2.24) is 0 Å². The Kier molecular flexibility index (Phi) is 31.5. The van der Waals surface area contributed by atoms with Crippen LogP contribution in [0.15, 0.2) is 158 Å². The summed E-state index contributed by atoms with van der Waals surface area (Å²) in [4.78, 5) is 0. The van der Waals surface area contributed by atoms with Crippen molar-refractivity contribution in [3.8, 4) is 56.3 Å². The Morgan fingerprint density at radius 2 is 0.486 bits per heavy atom. The Bertz CT molecular complexity index is 4860. The van der Waals surface area contributed by atoms with Crippen molar-refractivity contribution in [2.24, 2.45) is 35.2 Å². The minimum Gasteiger partial charge on any atom is -0.201 e. The first-order valence-corrected chi connectivity index (χ1v) is 36.2. The molecular formula is C100H150N5+5. The van der Waals surface area contributed by atoms with Crippen LogP contribution in [0.2, 0.25) is 0 Å². The largest absolute Gasteiger partial charge is 0.212 e. The van der Waals surface area contributed by atoms with Crippen LogP contribution in [0.25, 0.3) is 56.3 Å². The van der Waals surface area contributed by atoms with Crippen molar-refractivity contribution in [1.29, 1.82) is 0 Å². The van der Waals surface area contributed by atoms with Gasteiger partial charge in [0.15, 0.2) is 31.0 Å². The van der Waals surface area contributed by atoms with Gasteiger partial charge in [0.25, 0.3) is 0 Å². The second-order valence-electron chi connectivity index (χ2n) is 30.5. The summed E-state index contributed by atoms with van der Waals surface area (Å²) in [5, 5.41) is 0. The molecule has 5 aromatic carbocycles. The van der Waals surface area contributed by atoms with Crippen molar-refractivity contribution in [2.45, 2.75) is 271 Å². The third-order valence-electron chi connectivity index (χ3n) is 19.4. The van der Waals surface area contributed by atoms with E-state index in [0.717, 1.165) is 55.9 Å². The van der Waals surface area contributed by atoms with Crippen molar-refractivity contribution in [3.05, 3.63) is 264 Å². The summed E-state index contributed by atoms with van der Waals surface area (Å²) in [5.74, 6) is 0.475. The highest BCUT2D eigenvalue weighted by atomic mass is 14.9. The quantitative estimate of drug-likeness (QED) is 0.103. The van der Waals surface area contributed by atoms with Gasteiger partial charge in [0, 0.05) is 98.3 Å². The zero-order chi connectivity index (χ0) is 82.4. The van der Waals surface area contributed by atoms with Gasteiger partial charge in [0.1, 0.15) is 35.2 Å². The van der Waals surface area contributed by atoms with Crippen molar-refractivity contribution < 1.29 is 35.2 Å². The van der Waals surface area contributed by atoms with Crippen LogP contribution in [-0.4, -0.2) is 0 Å². The first kappa shape index (κ1) is 79.4. The molecule has 0 N–H and O–H groups in total. The second kappa shape index (κ2) is 41.7. The van der Waals surface area contributed by atoms with E-state index in [2.05, 4.69) is 249 Å². The van der Waals surface area contributed by atoms with Crippen LogP contribution >= 0.6 is 0 Å². The Morgan fingerprint density at radius 3 is 0.781 bits per heavy atom. The van der Waals surface area contributed by atoms with E-state index >= 15 is 0 Å². The molecule has 0 aliphatic heterocycles. The van der Waals surface area contributed by atoms with Crippen LogP contribution in [0.1, 0.15) is 313 Å². The van der Waals surface area contributed by atoms with E-state index < -0.39 is 31.4 Å². The molecule has 0 saturated heterocycles. The molecule has 0 aliphatic rings. The highest BCUT2D eigenvalue weighted by molar-refractivity contribution is 5.66. The Morgan fingerprint density at radius 1 is 0.238 bits per heavy atom. The topological polar surface area (TPSA) is 19.4 Å². The maximum absolute atomic E-state index is 8.53. The summed E-state index contributed by atoms with van der Waals surface area (Å²) in [5.41, 5.74) is 33.3. The molecule has 0 amide bonds. The Hall–Kier alpha value is -8.15. The zero-order valence-corrected chi connectivity index (χ0v) is 67.1. The van der Waals surface area contributed by atoms with E-state index in [9.17, 15) is 0 Å². The fourth-order valence-electron chi connectivity index (χ4n) is 13.7. The van der Waals surface area contributed by atoms with Crippen LogP contribution in [-0.2, 0) is 35.2 Å². The summed E-state index contributed by atoms with van der Waals surface area (Å²) < 4.78 is 81.3. The van der Waals surface area contributed by atoms with E-state index in [1.165, 1.54) is 95.0 Å². The van der Waals surface area contributed by atoms with Gasteiger partial charge < -0.3 is 0 Å². The van der Waals surface area contributed by atoms with Crippen molar-refractivity contribution >= 4 is 0 Å². The minimum atomic E-state index is -2.13. The van der Waals surface area contributed by atoms with Crippen LogP contribution < -0.4 is 22.8 Å². The molecule has 10 rings (SSSR count). The SMILES string of the molecule is C.C.C.C.C.Cc1ccc(-c2cc(C(C)C)c(C(C)C)c[n+]2C)c(C)c1.Cc1ccc(-c2cc(C)c(C(C)C)c[n+]2C)c(C)c1.Cc1ccccc1-c1cc(C(C)C)c(C(C)C)c[n+]1C.[2H]C([2H])([2H])c1ccc(-c2cc(C([2H])(C)C)c(C([2H])(C)C)c[n+]2C)c(C)c1.[2H]C([2H])([2H])c1ccc(-c2cc(C)c(C([2H])(C)C)c[n+]2C)c(C)c1. The molecule has 0 aliphatic carbocycles. The molecule has 0 bridgehead atoms. The van der Waals surface area contributed by atoms with Gasteiger partial charge in [-0.05, 0) is 209 Å². The van der Waals surface area contributed by atoms with E-state index in [4.69, 9.17) is 12.3 Å². The molecule has 5 aromatic heterocycles. The third kappa shape index (κ3) is 24.2. The molecule has 0 atom stereocenters. The number of benzene rings is 5. The molecule has 0 spiro atoms. The average molecular weight is 1430 g/mol. The van der Waals surface area contributed by atoms with Gasteiger partial charge in [-0.2, -0.15) is 0 Å². The fourth-order valence-corrected chi connectivity index (χ4v) is 13.7. The highest BCUT2D eigenvalue weighted by Crippen LogP contribution is 2.35. The van der Waals surface area contributed by atoms with Crippen LogP contribution in [0.4, 0.5) is 0 Å². The van der Waals surface area contributed by atoms with E-state index in [-0.39, 0.29) is 37.1 Å². The molecule has 0 fully saturated rings. The van der Waals surface area contributed by atoms with Crippen molar-refractivity contribution in [2.75, 3.05) is 0 Å². The molecule has 5 heterocycles. The summed E-state index contributed by atoms with van der Waals surface area (Å²) in [6.07, 6.45) is 10.8. The molecule has 570 valence electrons. The Balaban J connectivity index is 0.000000707. The van der Waals surface area contributed by atoms with Crippen LogP contribution in [0.3, 0.4) is 0 Å². The van der Waals surface area contributed by atoms with Crippen molar-refractivity contribution in [3.63, 3.8) is 0 Å². The molecule has 0 unspecified atom stereocenters. The summed E-state index contributed by atoms with van der Waals surface area (Å²) >= 11 is 0. The minimum absolute atomic E-state index is 0. The Labute approximate surface area is 658 Å². The number of aryl methyl sites for hydroxylation is 16. The molecular weight excluding hydrogens is 1270 g/mol. The predicted molar refractivity (Wildman–Crippen MR) is 464 cm³/mol. The van der Waals surface area contributed by atoms with Crippen LogP contribution in [0, 0.1) is 76.0 Å². The lowest BCUT2D eigenvalue weighted by molar-refractivity contribution is -0.661. The summed E-state index contributed by atoms with van der Waals surface area (Å²) in [6, 6.07) is 43.6. The van der Waals surface area contributed by atoms with Gasteiger partial charge in [0.05, 0.1) is 0 Å². The van der Waals surface area contributed by atoms with Gasteiger partial charge in [-0.3, -0.25) is 0 Å². The first-order valence-electron chi connectivity index (χ1n) is 40.7. The summed E-state index contributed by atoms with van der Waals surface area (Å²) in [7, 11) is 10.3. The maximum atomic E-state index is 8.53. The van der Waals surface area contributed by atoms with Gasteiger partial charge in [-0.1, -0.05) is 237 Å². The van der Waals surface area contributed by atoms with E-state index in [1.807, 2.05) is 116 Å². The maximum Gasteiger partial charge on any atom is 0.212 e. The third-order valence-corrected chi connectivity index (χ3v) is 19.4. The number of pyridine rings is 5. The first-order chi connectivity index (χ1) is 50.1. The molecule has 5 heteroatoms. The smallest absolute Gasteiger partial charge is 0.201 e. The number of aromatic nitrogens is 5. The number of rotatable bonds is 13. The molecule has 5 nitrogen and oxygen atoms in total. The molecule has 10 aromatic rings. The number of hydrogen-bond acceptors (Lipinski definition) is 0. The monoisotopic (exact) mass is 1430 g/mol. The van der Waals surface area contributed by atoms with E-state index in [0.29, 0.717) is 40.7 Å². The highest BCUT2D eigenvalue weighted by Gasteiger charge is 2.25. The normalized spacial score (nSPS) is 12.6. The average Bonchev–Trinajstić information content (AvgIpc) is 0.767. The van der Waals surface area contributed by atoms with Gasteiger partial charge in [-0.15, -0.1) is 0 Å². The van der Waals surface area contributed by atoms with Gasteiger partial charge in [0.2, 0.25) is 28.5 Å². The van der Waals surface area contributed by atoms with E-state index in [1.54, 1.807) is 24.3 Å². The van der Waals surface area contributed by atoms with Gasteiger partial charge >= 0.3 is 0 Å². The van der Waals surface area contributed by atoms with Gasteiger partial charge in [-0.25, -0.2) is 22.8 Å². The summed E-state index contributed by atoms with van der Waals surface area (Å²) in [6.45, 7) is 48.5. The predicted octanol–water partition coefficient (Wildman–Crippen LogP) is 26.5. The molecule has 0 radical (unpaired) electrons. The second-order valence-corrected chi connectivity index (χ2v) is 30.5. The zero-order valence-electron chi connectivity index (χ0n) is 76.1. The van der Waals surface area contributed by atoms with Crippen LogP contribution in [0.5, 0.6) is 0 Å². The number of nitrogens with zero attached hydrogens (tertiary/aromatic N) is 5. The molecule has 105 heavy (non-hydrogen) atoms.